The van der Waals surface area contributed by atoms with Crippen molar-refractivity contribution < 1.29 is 18.8 Å². The highest BCUT2D eigenvalue weighted by atomic mass is 16.5. The van der Waals surface area contributed by atoms with Crippen LogP contribution in [0.1, 0.15) is 29.6 Å². The highest BCUT2D eigenvalue weighted by Crippen LogP contribution is 2.25. The number of carbonyl (C=O) groups excluding carboxylic acids is 2. The monoisotopic (exact) mass is 409 g/mol. The van der Waals surface area contributed by atoms with Gasteiger partial charge in [0.15, 0.2) is 0 Å². The Morgan fingerprint density at radius 1 is 1.33 bits per heavy atom. The molecule has 9 nitrogen and oxygen atoms in total. The third-order valence-electron chi connectivity index (χ3n) is 5.26. The third-order valence-corrected chi connectivity index (χ3v) is 5.26. The van der Waals surface area contributed by atoms with E-state index in [0.29, 0.717) is 12.2 Å². The van der Waals surface area contributed by atoms with E-state index in [1.54, 1.807) is 36.4 Å². The molecule has 0 bridgehead atoms. The van der Waals surface area contributed by atoms with Crippen LogP contribution in [0, 0.1) is 6.92 Å². The number of ether oxygens (including phenoxy) is 1. The van der Waals surface area contributed by atoms with Crippen molar-refractivity contribution >= 4 is 17.5 Å². The maximum atomic E-state index is 12.6. The normalized spacial score (nSPS) is 16.2. The van der Waals surface area contributed by atoms with Gasteiger partial charge in [0, 0.05) is 42.5 Å². The summed E-state index contributed by atoms with van der Waals surface area (Å²) in [6.45, 7) is 5.08. The Morgan fingerprint density at radius 3 is 2.77 bits per heavy atom. The van der Waals surface area contributed by atoms with E-state index in [-0.39, 0.29) is 24.1 Å². The van der Waals surface area contributed by atoms with Gasteiger partial charge in [0.25, 0.3) is 5.91 Å². The predicted molar refractivity (Wildman–Crippen MR) is 109 cm³/mol. The first-order chi connectivity index (χ1) is 14.5. The fourth-order valence-corrected chi connectivity index (χ4v) is 3.60. The molecule has 2 aromatic heterocycles. The highest BCUT2D eigenvalue weighted by molar-refractivity contribution is 5.98. The first-order valence-electron chi connectivity index (χ1n) is 9.75. The molecule has 3 heterocycles. The van der Waals surface area contributed by atoms with E-state index in [2.05, 4.69) is 15.6 Å². The van der Waals surface area contributed by atoms with Crippen LogP contribution in [0.2, 0.25) is 0 Å². The quantitative estimate of drug-likeness (QED) is 0.671. The maximum absolute atomic E-state index is 12.6. The number of nitrogens with one attached hydrogen (secondary N) is 1. The number of nitrogens with zero attached hydrogens (tertiary/aromatic N) is 4. The number of aromatic nitrogens is 3. The first kappa shape index (κ1) is 19.7. The zero-order valence-electron chi connectivity index (χ0n) is 17.1. The molecule has 1 aliphatic heterocycles. The summed E-state index contributed by atoms with van der Waals surface area (Å²) in [6, 6.07) is 8.52. The molecule has 1 atom stereocenters. The summed E-state index contributed by atoms with van der Waals surface area (Å²) in [5.41, 5.74) is 3.10. The van der Waals surface area contributed by atoms with Crippen molar-refractivity contribution in [3.8, 4) is 17.0 Å². The lowest BCUT2D eigenvalue weighted by atomic mass is 10.2. The molecule has 4 rings (SSSR count). The van der Waals surface area contributed by atoms with Gasteiger partial charge in [-0.3, -0.25) is 14.3 Å². The zero-order chi connectivity index (χ0) is 21.3. The fourth-order valence-electron chi connectivity index (χ4n) is 3.60. The van der Waals surface area contributed by atoms with Gasteiger partial charge in [-0.25, -0.2) is 0 Å². The van der Waals surface area contributed by atoms with Crippen LogP contribution < -0.4 is 15.0 Å². The van der Waals surface area contributed by atoms with Gasteiger partial charge >= 0.3 is 0 Å². The van der Waals surface area contributed by atoms with E-state index in [4.69, 9.17) is 9.26 Å². The standard InChI is InChI=1S/C21H23N5O4/c1-4-26-13(2)17(11-22-26)18-10-19(30-24-18)21(28)23-14-9-20(27)25(12-14)15-5-7-16(29-3)8-6-15/h5-8,10-11,14H,4,9,12H2,1-3H3,(H,23,28)/t14-/m1/s1. The van der Waals surface area contributed by atoms with Crippen LogP contribution in [-0.4, -0.2) is 46.4 Å². The molecule has 1 saturated heterocycles. The molecule has 30 heavy (non-hydrogen) atoms. The van der Waals surface area contributed by atoms with E-state index >= 15 is 0 Å². The van der Waals surface area contributed by atoms with Crippen molar-refractivity contribution in [2.45, 2.75) is 32.9 Å². The second-order valence-electron chi connectivity index (χ2n) is 7.11. The van der Waals surface area contributed by atoms with Gasteiger partial charge in [0.2, 0.25) is 11.7 Å². The van der Waals surface area contributed by atoms with Gasteiger partial charge in [-0.15, -0.1) is 0 Å². The Kier molecular flexibility index (Phi) is 5.26. The summed E-state index contributed by atoms with van der Waals surface area (Å²) in [4.78, 5) is 26.7. The van der Waals surface area contributed by atoms with Crippen molar-refractivity contribution in [1.82, 2.24) is 20.3 Å². The van der Waals surface area contributed by atoms with E-state index in [1.165, 1.54) is 0 Å². The van der Waals surface area contributed by atoms with E-state index < -0.39 is 5.91 Å². The van der Waals surface area contributed by atoms with Crippen molar-refractivity contribution in [2.24, 2.45) is 0 Å². The van der Waals surface area contributed by atoms with Gasteiger partial charge in [-0.2, -0.15) is 5.10 Å². The SMILES string of the molecule is CCn1ncc(-c2cc(C(=O)N[C@@H]3CC(=O)N(c4ccc(OC)cc4)C3)on2)c1C. The molecule has 2 amide bonds. The van der Waals surface area contributed by atoms with Gasteiger partial charge < -0.3 is 19.5 Å². The highest BCUT2D eigenvalue weighted by Gasteiger charge is 2.32. The molecule has 1 aliphatic rings. The van der Waals surface area contributed by atoms with Crippen LogP contribution in [0.25, 0.3) is 11.3 Å². The number of rotatable bonds is 6. The molecule has 1 fully saturated rings. The summed E-state index contributed by atoms with van der Waals surface area (Å²) >= 11 is 0. The number of aryl methyl sites for hydroxylation is 1. The van der Waals surface area contributed by atoms with Crippen LogP contribution in [0.3, 0.4) is 0 Å². The molecule has 156 valence electrons. The van der Waals surface area contributed by atoms with E-state index in [9.17, 15) is 9.59 Å². The molecule has 3 aromatic rings. The number of anilines is 1. The van der Waals surface area contributed by atoms with Crippen molar-refractivity contribution in [1.29, 1.82) is 0 Å². The Morgan fingerprint density at radius 2 is 2.10 bits per heavy atom. The molecule has 0 unspecified atom stereocenters. The molecule has 1 N–H and O–H groups in total. The number of carbonyl (C=O) groups is 2. The maximum Gasteiger partial charge on any atom is 0.290 e. The summed E-state index contributed by atoms with van der Waals surface area (Å²) < 4.78 is 12.2. The molecule has 1 aromatic carbocycles. The minimum atomic E-state index is -0.399. The average molecular weight is 409 g/mol. The Balaban J connectivity index is 1.42. The number of hydrogen-bond donors (Lipinski definition) is 1. The third kappa shape index (κ3) is 3.66. The van der Waals surface area contributed by atoms with Gasteiger partial charge in [-0.1, -0.05) is 5.16 Å². The Bertz CT molecular complexity index is 1070. The second-order valence-corrected chi connectivity index (χ2v) is 7.11. The van der Waals surface area contributed by atoms with Crippen molar-refractivity contribution in [3.05, 3.63) is 48.0 Å². The zero-order valence-corrected chi connectivity index (χ0v) is 17.1. The molecule has 0 saturated carbocycles. The number of benzene rings is 1. The second kappa shape index (κ2) is 8.02. The minimum Gasteiger partial charge on any atom is -0.497 e. The smallest absolute Gasteiger partial charge is 0.290 e. The average Bonchev–Trinajstić information content (AvgIpc) is 3.46. The van der Waals surface area contributed by atoms with Gasteiger partial charge in [-0.05, 0) is 38.1 Å². The molecular formula is C21H23N5O4. The molecule has 9 heteroatoms. The molecular weight excluding hydrogens is 386 g/mol. The lowest BCUT2D eigenvalue weighted by Gasteiger charge is -2.17. The number of methoxy groups -OCH3 is 1. The molecule has 0 aliphatic carbocycles. The van der Waals surface area contributed by atoms with Crippen LogP contribution in [0.4, 0.5) is 5.69 Å². The van der Waals surface area contributed by atoms with Crippen LogP contribution in [0.5, 0.6) is 5.75 Å². The van der Waals surface area contributed by atoms with Gasteiger partial charge in [0.05, 0.1) is 19.3 Å². The fraction of sp³-hybridized carbons (Fsp3) is 0.333. The van der Waals surface area contributed by atoms with Crippen molar-refractivity contribution in [3.63, 3.8) is 0 Å². The Labute approximate surface area is 173 Å². The largest absolute Gasteiger partial charge is 0.497 e. The van der Waals surface area contributed by atoms with Crippen LogP contribution in [-0.2, 0) is 11.3 Å². The topological polar surface area (TPSA) is 102 Å². The summed E-state index contributed by atoms with van der Waals surface area (Å²) in [5, 5.41) is 11.2. The molecule has 0 radical (unpaired) electrons. The van der Waals surface area contributed by atoms with Crippen molar-refractivity contribution in [2.75, 3.05) is 18.6 Å². The predicted octanol–water partition coefficient (Wildman–Crippen LogP) is 2.41. The van der Waals surface area contributed by atoms with Crippen LogP contribution in [0.15, 0.2) is 41.1 Å². The van der Waals surface area contributed by atoms with Crippen LogP contribution >= 0.6 is 0 Å². The van der Waals surface area contributed by atoms with E-state index in [0.717, 1.165) is 29.2 Å². The lowest BCUT2D eigenvalue weighted by molar-refractivity contribution is -0.117. The van der Waals surface area contributed by atoms with Gasteiger partial charge in [0.1, 0.15) is 11.4 Å². The lowest BCUT2D eigenvalue weighted by Crippen LogP contribution is -2.37. The number of hydrogen-bond acceptors (Lipinski definition) is 6. The molecule has 0 spiro atoms. The number of amides is 2. The first-order valence-corrected chi connectivity index (χ1v) is 9.75. The summed E-state index contributed by atoms with van der Waals surface area (Å²) in [5.74, 6) is 0.370. The Hall–Kier alpha value is -3.62. The van der Waals surface area contributed by atoms with E-state index in [1.807, 2.05) is 30.7 Å². The summed E-state index contributed by atoms with van der Waals surface area (Å²) in [7, 11) is 1.59. The minimum absolute atomic E-state index is 0.0497. The summed E-state index contributed by atoms with van der Waals surface area (Å²) in [6.07, 6.45) is 1.93.